The van der Waals surface area contributed by atoms with Crippen LogP contribution < -0.4 is 4.90 Å². The molecule has 1 heterocycles. The fourth-order valence-electron chi connectivity index (χ4n) is 2.76. The number of hydrogen-bond donors (Lipinski definition) is 2. The molecule has 0 amide bonds. The molecule has 4 heteroatoms. The van der Waals surface area contributed by atoms with Gasteiger partial charge in [0, 0.05) is 12.2 Å². The van der Waals surface area contributed by atoms with Gasteiger partial charge in [-0.1, -0.05) is 13.0 Å². The highest BCUT2D eigenvalue weighted by molar-refractivity contribution is 5.91. The predicted octanol–water partition coefficient (Wildman–Crippen LogP) is 1.91. The average Bonchev–Trinajstić information content (AvgIpc) is 2.85. The van der Waals surface area contributed by atoms with E-state index in [9.17, 15) is 15.0 Å². The number of carbonyl (C=O) groups is 1. The van der Waals surface area contributed by atoms with E-state index in [1.165, 1.54) is 0 Å². The van der Waals surface area contributed by atoms with E-state index in [1.54, 1.807) is 12.1 Å². The lowest BCUT2D eigenvalue weighted by Crippen LogP contribution is -2.33. The number of aliphatic hydroxyl groups excluding tert-OH is 1. The van der Waals surface area contributed by atoms with Gasteiger partial charge >= 0.3 is 5.97 Å². The summed E-state index contributed by atoms with van der Waals surface area (Å²) in [5.41, 5.74) is 2.21. The molecular formula is C14H19NO3. The van der Waals surface area contributed by atoms with Crippen molar-refractivity contribution in [2.75, 3.05) is 18.1 Å². The molecule has 2 N–H and O–H groups in total. The van der Waals surface area contributed by atoms with Gasteiger partial charge in [-0.25, -0.2) is 4.79 Å². The Kier molecular flexibility index (Phi) is 3.87. The van der Waals surface area contributed by atoms with E-state index >= 15 is 0 Å². The summed E-state index contributed by atoms with van der Waals surface area (Å²) in [6, 6.07) is 5.51. The van der Waals surface area contributed by atoms with Gasteiger partial charge in [0.05, 0.1) is 18.2 Å². The molecule has 0 unspecified atom stereocenters. The molecule has 2 rings (SSSR count). The summed E-state index contributed by atoms with van der Waals surface area (Å²) in [4.78, 5) is 13.4. The van der Waals surface area contributed by atoms with Crippen LogP contribution in [0.25, 0.3) is 0 Å². The number of nitrogens with zero attached hydrogens (tertiary/aromatic N) is 1. The van der Waals surface area contributed by atoms with E-state index in [2.05, 4.69) is 4.90 Å². The molecule has 1 atom stereocenters. The van der Waals surface area contributed by atoms with Gasteiger partial charge < -0.3 is 15.1 Å². The molecule has 0 bridgehead atoms. The van der Waals surface area contributed by atoms with Crippen LogP contribution >= 0.6 is 0 Å². The SMILES string of the molecule is CCc1c(C(=O)O)cccc1N1CCC[C@@H]1CO. The van der Waals surface area contributed by atoms with Crippen LogP contribution in [-0.4, -0.2) is 35.4 Å². The van der Waals surface area contributed by atoms with Gasteiger partial charge in [-0.15, -0.1) is 0 Å². The van der Waals surface area contributed by atoms with Gasteiger partial charge in [-0.3, -0.25) is 0 Å². The summed E-state index contributed by atoms with van der Waals surface area (Å²) in [6.45, 7) is 2.98. The van der Waals surface area contributed by atoms with Crippen molar-refractivity contribution < 1.29 is 15.0 Å². The number of rotatable bonds is 4. The zero-order valence-corrected chi connectivity index (χ0v) is 10.6. The van der Waals surface area contributed by atoms with E-state index in [0.29, 0.717) is 12.0 Å². The number of benzene rings is 1. The van der Waals surface area contributed by atoms with Crippen molar-refractivity contribution in [2.24, 2.45) is 0 Å². The smallest absolute Gasteiger partial charge is 0.336 e. The second-order valence-corrected chi connectivity index (χ2v) is 4.63. The monoisotopic (exact) mass is 249 g/mol. The highest BCUT2D eigenvalue weighted by Gasteiger charge is 2.26. The summed E-state index contributed by atoms with van der Waals surface area (Å²) in [5, 5.41) is 18.6. The van der Waals surface area contributed by atoms with Crippen LogP contribution in [0.15, 0.2) is 18.2 Å². The Morgan fingerprint density at radius 3 is 2.89 bits per heavy atom. The number of anilines is 1. The van der Waals surface area contributed by atoms with Crippen molar-refractivity contribution in [3.8, 4) is 0 Å². The van der Waals surface area contributed by atoms with Gasteiger partial charge in [0.15, 0.2) is 0 Å². The van der Waals surface area contributed by atoms with Crippen LogP contribution in [0.2, 0.25) is 0 Å². The highest BCUT2D eigenvalue weighted by atomic mass is 16.4. The van der Waals surface area contributed by atoms with E-state index in [1.807, 2.05) is 13.0 Å². The molecule has 1 aliphatic heterocycles. The molecule has 4 nitrogen and oxygen atoms in total. The zero-order chi connectivity index (χ0) is 13.1. The van der Waals surface area contributed by atoms with E-state index in [0.717, 1.165) is 30.6 Å². The molecule has 1 aliphatic rings. The largest absolute Gasteiger partial charge is 0.478 e. The molecular weight excluding hydrogens is 230 g/mol. The van der Waals surface area contributed by atoms with Crippen LogP contribution in [0.3, 0.4) is 0 Å². The number of carboxylic acids is 1. The van der Waals surface area contributed by atoms with Crippen LogP contribution in [0.4, 0.5) is 5.69 Å². The molecule has 1 fully saturated rings. The Bertz CT molecular complexity index is 445. The first-order valence-electron chi connectivity index (χ1n) is 6.41. The van der Waals surface area contributed by atoms with Crippen molar-refractivity contribution >= 4 is 11.7 Å². The molecule has 0 spiro atoms. The number of aliphatic hydroxyl groups is 1. The minimum atomic E-state index is -0.881. The van der Waals surface area contributed by atoms with Crippen molar-refractivity contribution in [3.63, 3.8) is 0 Å². The summed E-state index contributed by atoms with van der Waals surface area (Å²) in [7, 11) is 0. The van der Waals surface area contributed by atoms with Crippen LogP contribution in [0.5, 0.6) is 0 Å². The van der Waals surface area contributed by atoms with Crippen LogP contribution in [0.1, 0.15) is 35.7 Å². The third-order valence-corrected chi connectivity index (χ3v) is 3.63. The summed E-state index contributed by atoms with van der Waals surface area (Å²) in [6.07, 6.45) is 2.70. The van der Waals surface area contributed by atoms with Crippen molar-refractivity contribution in [1.29, 1.82) is 0 Å². The summed E-state index contributed by atoms with van der Waals surface area (Å²) < 4.78 is 0. The van der Waals surface area contributed by atoms with Crippen molar-refractivity contribution in [1.82, 2.24) is 0 Å². The van der Waals surface area contributed by atoms with Gasteiger partial charge in [0.1, 0.15) is 0 Å². The zero-order valence-electron chi connectivity index (χ0n) is 10.6. The Morgan fingerprint density at radius 2 is 2.28 bits per heavy atom. The third kappa shape index (κ3) is 2.20. The quantitative estimate of drug-likeness (QED) is 0.855. The highest BCUT2D eigenvalue weighted by Crippen LogP contribution is 2.30. The molecule has 1 saturated heterocycles. The topological polar surface area (TPSA) is 60.8 Å². The first kappa shape index (κ1) is 12.9. The lowest BCUT2D eigenvalue weighted by Gasteiger charge is -2.28. The molecule has 0 saturated carbocycles. The Morgan fingerprint density at radius 1 is 1.50 bits per heavy atom. The number of hydrogen-bond acceptors (Lipinski definition) is 3. The molecule has 1 aromatic carbocycles. The molecule has 0 radical (unpaired) electrons. The maximum atomic E-state index is 11.2. The first-order chi connectivity index (χ1) is 8.69. The first-order valence-corrected chi connectivity index (χ1v) is 6.41. The number of carboxylic acid groups (broad SMARTS) is 1. The molecule has 0 aromatic heterocycles. The molecule has 0 aliphatic carbocycles. The Hall–Kier alpha value is -1.55. The predicted molar refractivity (Wildman–Crippen MR) is 70.2 cm³/mol. The van der Waals surface area contributed by atoms with Crippen molar-refractivity contribution in [3.05, 3.63) is 29.3 Å². The Labute approximate surface area is 107 Å². The fourth-order valence-corrected chi connectivity index (χ4v) is 2.76. The van der Waals surface area contributed by atoms with E-state index < -0.39 is 5.97 Å². The maximum Gasteiger partial charge on any atom is 0.336 e. The van der Waals surface area contributed by atoms with Gasteiger partial charge in [-0.05, 0) is 37.0 Å². The second kappa shape index (κ2) is 5.40. The summed E-state index contributed by atoms with van der Waals surface area (Å²) in [5.74, 6) is -0.881. The number of aromatic carboxylic acids is 1. The van der Waals surface area contributed by atoms with E-state index in [-0.39, 0.29) is 12.6 Å². The van der Waals surface area contributed by atoms with Gasteiger partial charge in [0.25, 0.3) is 0 Å². The van der Waals surface area contributed by atoms with Gasteiger partial charge in [-0.2, -0.15) is 0 Å². The van der Waals surface area contributed by atoms with Crippen molar-refractivity contribution in [2.45, 2.75) is 32.2 Å². The molecule has 1 aromatic rings. The third-order valence-electron chi connectivity index (χ3n) is 3.63. The minimum absolute atomic E-state index is 0.124. The van der Waals surface area contributed by atoms with Crippen LogP contribution in [0, 0.1) is 0 Å². The minimum Gasteiger partial charge on any atom is -0.478 e. The van der Waals surface area contributed by atoms with Gasteiger partial charge in [0.2, 0.25) is 0 Å². The summed E-state index contributed by atoms with van der Waals surface area (Å²) >= 11 is 0. The lowest BCUT2D eigenvalue weighted by molar-refractivity contribution is 0.0696. The second-order valence-electron chi connectivity index (χ2n) is 4.63. The average molecular weight is 249 g/mol. The lowest BCUT2D eigenvalue weighted by atomic mass is 10.0. The molecule has 98 valence electrons. The standard InChI is InChI=1S/C14H19NO3/c1-2-11-12(14(17)18)6-3-7-13(11)15-8-4-5-10(15)9-16/h3,6-7,10,16H,2,4-5,8-9H2,1H3,(H,17,18)/t10-/m1/s1. The fraction of sp³-hybridized carbons (Fsp3) is 0.500. The Balaban J connectivity index is 2.44. The van der Waals surface area contributed by atoms with E-state index in [4.69, 9.17) is 0 Å². The normalized spacial score (nSPS) is 19.2. The maximum absolute atomic E-state index is 11.2. The van der Waals surface area contributed by atoms with Crippen LogP contribution in [-0.2, 0) is 6.42 Å². The molecule has 18 heavy (non-hydrogen) atoms.